The van der Waals surface area contributed by atoms with Crippen molar-refractivity contribution in [1.29, 1.82) is 0 Å². The monoisotopic (exact) mass is 414 g/mol. The first-order valence-corrected chi connectivity index (χ1v) is 10.5. The van der Waals surface area contributed by atoms with Crippen LogP contribution < -0.4 is 9.64 Å². The number of rotatable bonds is 5. The van der Waals surface area contributed by atoms with Crippen LogP contribution in [0.3, 0.4) is 0 Å². The molecule has 0 amide bonds. The molecule has 31 heavy (non-hydrogen) atoms. The maximum absolute atomic E-state index is 13.2. The van der Waals surface area contributed by atoms with E-state index in [4.69, 9.17) is 4.74 Å². The minimum absolute atomic E-state index is 0.199. The highest BCUT2D eigenvalue weighted by molar-refractivity contribution is 5.59. The Morgan fingerprint density at radius 3 is 2.48 bits per heavy atom. The van der Waals surface area contributed by atoms with Gasteiger partial charge in [0.25, 0.3) is 0 Å². The van der Waals surface area contributed by atoms with Crippen molar-refractivity contribution in [3.05, 3.63) is 90.8 Å². The van der Waals surface area contributed by atoms with Crippen LogP contribution in [-0.4, -0.2) is 28.0 Å². The van der Waals surface area contributed by atoms with Crippen molar-refractivity contribution >= 4 is 5.69 Å². The van der Waals surface area contributed by atoms with E-state index in [1.165, 1.54) is 12.1 Å². The van der Waals surface area contributed by atoms with Gasteiger partial charge in [-0.2, -0.15) is 0 Å². The fourth-order valence-electron chi connectivity index (χ4n) is 4.00. The number of imidazole rings is 1. The van der Waals surface area contributed by atoms with Crippen molar-refractivity contribution in [1.82, 2.24) is 15.0 Å². The zero-order valence-corrected chi connectivity index (χ0v) is 17.0. The number of aromatic nitrogens is 3. The second-order valence-corrected chi connectivity index (χ2v) is 7.72. The largest absolute Gasteiger partial charge is 0.439 e. The molecule has 1 saturated heterocycles. The predicted molar refractivity (Wildman–Crippen MR) is 119 cm³/mol. The summed E-state index contributed by atoms with van der Waals surface area (Å²) >= 11 is 0. The molecule has 0 bridgehead atoms. The molecular formula is C25H23FN4O. The molecule has 0 aliphatic carbocycles. The van der Waals surface area contributed by atoms with Gasteiger partial charge in [-0.25, -0.2) is 14.4 Å². The van der Waals surface area contributed by atoms with Crippen molar-refractivity contribution < 1.29 is 9.13 Å². The maximum Gasteiger partial charge on any atom is 0.219 e. The second kappa shape index (κ2) is 8.60. The van der Waals surface area contributed by atoms with Gasteiger partial charge in [0.2, 0.25) is 5.88 Å². The van der Waals surface area contributed by atoms with Crippen LogP contribution in [0.25, 0.3) is 11.3 Å². The Kier molecular flexibility index (Phi) is 5.35. The van der Waals surface area contributed by atoms with Crippen LogP contribution in [0, 0.1) is 5.82 Å². The molecule has 0 unspecified atom stereocenters. The van der Waals surface area contributed by atoms with Gasteiger partial charge in [0.1, 0.15) is 17.4 Å². The third kappa shape index (κ3) is 4.43. The summed E-state index contributed by atoms with van der Waals surface area (Å²) in [5.41, 5.74) is 3.02. The van der Waals surface area contributed by atoms with E-state index >= 15 is 0 Å². The highest BCUT2D eigenvalue weighted by Crippen LogP contribution is 2.31. The van der Waals surface area contributed by atoms with Gasteiger partial charge in [-0.15, -0.1) is 0 Å². The van der Waals surface area contributed by atoms with Crippen molar-refractivity contribution in [3.63, 3.8) is 0 Å². The van der Waals surface area contributed by atoms with Crippen LogP contribution in [0.15, 0.2) is 79.1 Å². The van der Waals surface area contributed by atoms with Gasteiger partial charge in [-0.1, -0.05) is 18.2 Å². The number of nitrogens with one attached hydrogen (secondary N) is 1. The number of nitrogens with zero attached hydrogens (tertiary/aromatic N) is 3. The van der Waals surface area contributed by atoms with E-state index < -0.39 is 0 Å². The Morgan fingerprint density at radius 1 is 0.935 bits per heavy atom. The van der Waals surface area contributed by atoms with E-state index in [2.05, 4.69) is 19.9 Å². The average Bonchev–Trinajstić information content (AvgIpc) is 3.31. The van der Waals surface area contributed by atoms with Crippen molar-refractivity contribution in [2.24, 2.45) is 0 Å². The summed E-state index contributed by atoms with van der Waals surface area (Å²) in [7, 11) is 0. The highest BCUT2D eigenvalue weighted by Gasteiger charge is 2.23. The van der Waals surface area contributed by atoms with Crippen LogP contribution >= 0.6 is 0 Å². The summed E-state index contributed by atoms with van der Waals surface area (Å²) in [5.74, 6) is 2.50. The van der Waals surface area contributed by atoms with Gasteiger partial charge >= 0.3 is 0 Å². The molecule has 0 saturated carbocycles. The van der Waals surface area contributed by atoms with Crippen LogP contribution in [0.2, 0.25) is 0 Å². The molecule has 0 atom stereocenters. The lowest BCUT2D eigenvalue weighted by atomic mass is 9.96. The van der Waals surface area contributed by atoms with Crippen LogP contribution in [-0.2, 0) is 0 Å². The molecule has 0 radical (unpaired) electrons. The molecule has 5 rings (SSSR count). The molecule has 4 aromatic rings. The highest BCUT2D eigenvalue weighted by atomic mass is 19.1. The molecule has 1 fully saturated rings. The number of piperidine rings is 1. The van der Waals surface area contributed by atoms with Gasteiger partial charge in [0.15, 0.2) is 0 Å². The number of H-pyrrole nitrogens is 1. The molecule has 5 nitrogen and oxygen atoms in total. The van der Waals surface area contributed by atoms with Crippen LogP contribution in [0.1, 0.15) is 24.6 Å². The first kappa shape index (κ1) is 19.3. The number of aromatic amines is 1. The summed E-state index contributed by atoms with van der Waals surface area (Å²) in [4.78, 5) is 14.8. The molecule has 0 spiro atoms. The number of anilines is 1. The fraction of sp³-hybridized carbons (Fsp3) is 0.200. The van der Waals surface area contributed by atoms with Crippen LogP contribution in [0.5, 0.6) is 11.6 Å². The van der Waals surface area contributed by atoms with Crippen LogP contribution in [0.4, 0.5) is 10.1 Å². The topological polar surface area (TPSA) is 54.0 Å². The summed E-state index contributed by atoms with van der Waals surface area (Å²) in [6.07, 6.45) is 5.63. The first-order valence-electron chi connectivity index (χ1n) is 10.5. The number of benzene rings is 2. The quantitative estimate of drug-likeness (QED) is 0.449. The minimum Gasteiger partial charge on any atom is -0.439 e. The third-order valence-electron chi connectivity index (χ3n) is 5.68. The van der Waals surface area contributed by atoms with E-state index in [0.717, 1.165) is 54.4 Å². The zero-order valence-electron chi connectivity index (χ0n) is 17.0. The van der Waals surface area contributed by atoms with E-state index in [1.54, 1.807) is 6.20 Å². The van der Waals surface area contributed by atoms with E-state index in [0.29, 0.717) is 11.8 Å². The molecule has 1 N–H and O–H groups in total. The van der Waals surface area contributed by atoms with Gasteiger partial charge in [-0.3, -0.25) is 0 Å². The van der Waals surface area contributed by atoms with Gasteiger partial charge < -0.3 is 14.6 Å². The minimum atomic E-state index is -0.199. The second-order valence-electron chi connectivity index (χ2n) is 7.72. The Hall–Kier alpha value is -3.67. The molecule has 156 valence electrons. The fourth-order valence-corrected chi connectivity index (χ4v) is 4.00. The van der Waals surface area contributed by atoms with E-state index in [1.807, 2.05) is 60.8 Å². The zero-order chi connectivity index (χ0) is 21.0. The molecule has 3 heterocycles. The Labute approximate surface area is 180 Å². The standard InChI is InChI=1S/C25H23FN4O/c26-20-6-8-21(9-7-20)30-14-11-18(12-15-30)25-28-17-23(29-25)19-10-13-27-24(16-19)31-22-4-2-1-3-5-22/h1-10,13,16-18H,11-12,14-15H2,(H,28,29). The number of hydrogen-bond donors (Lipinski definition) is 1. The molecule has 2 aromatic heterocycles. The number of para-hydroxylation sites is 1. The summed E-state index contributed by atoms with van der Waals surface area (Å²) in [5, 5.41) is 0. The van der Waals surface area contributed by atoms with Gasteiger partial charge in [0.05, 0.1) is 11.9 Å². The summed E-state index contributed by atoms with van der Waals surface area (Å²) < 4.78 is 19.0. The van der Waals surface area contributed by atoms with Crippen molar-refractivity contribution in [2.45, 2.75) is 18.8 Å². The van der Waals surface area contributed by atoms with Gasteiger partial charge in [-0.05, 0) is 55.3 Å². The summed E-state index contributed by atoms with van der Waals surface area (Å²) in [6.45, 7) is 1.85. The number of ether oxygens (including phenoxy) is 1. The Balaban J connectivity index is 1.25. The number of hydrogen-bond acceptors (Lipinski definition) is 4. The SMILES string of the molecule is Fc1ccc(N2CCC(c3ncc(-c4ccnc(Oc5ccccc5)c4)[nH]3)CC2)cc1. The average molecular weight is 414 g/mol. The summed E-state index contributed by atoms with van der Waals surface area (Å²) in [6, 6.07) is 20.2. The lowest BCUT2D eigenvalue weighted by Gasteiger charge is -2.32. The lowest BCUT2D eigenvalue weighted by molar-refractivity contribution is 0.463. The molecule has 6 heteroatoms. The van der Waals surface area contributed by atoms with E-state index in [9.17, 15) is 4.39 Å². The Bertz CT molecular complexity index is 1140. The smallest absolute Gasteiger partial charge is 0.219 e. The molecule has 1 aliphatic heterocycles. The Morgan fingerprint density at radius 2 is 1.71 bits per heavy atom. The van der Waals surface area contributed by atoms with Crippen molar-refractivity contribution in [2.75, 3.05) is 18.0 Å². The van der Waals surface area contributed by atoms with Crippen molar-refractivity contribution in [3.8, 4) is 22.9 Å². The normalized spacial score (nSPS) is 14.5. The molecule has 2 aromatic carbocycles. The van der Waals surface area contributed by atoms with Gasteiger partial charge in [0, 0.05) is 42.5 Å². The predicted octanol–water partition coefficient (Wildman–Crippen LogP) is 5.79. The lowest BCUT2D eigenvalue weighted by Crippen LogP contribution is -2.33. The third-order valence-corrected chi connectivity index (χ3v) is 5.68. The molecule has 1 aliphatic rings. The maximum atomic E-state index is 13.2. The van der Waals surface area contributed by atoms with E-state index in [-0.39, 0.29) is 5.82 Å². The number of pyridine rings is 1. The number of halogens is 1. The first-order chi connectivity index (χ1) is 15.2. The molecular weight excluding hydrogens is 391 g/mol.